The van der Waals surface area contributed by atoms with Crippen LogP contribution in [0.3, 0.4) is 0 Å². The SMILES string of the molecule is CC(C)Cn1cnc(C2CC2)c(Br)c1=O. The van der Waals surface area contributed by atoms with Gasteiger partial charge in [-0.3, -0.25) is 9.36 Å². The molecule has 0 spiro atoms. The van der Waals surface area contributed by atoms with Gasteiger partial charge in [0.25, 0.3) is 5.56 Å². The molecule has 0 atom stereocenters. The molecule has 0 aromatic carbocycles. The Bertz CT molecular complexity index is 421. The van der Waals surface area contributed by atoms with Crippen LogP contribution >= 0.6 is 15.9 Å². The fraction of sp³-hybridized carbons (Fsp3) is 0.636. The lowest BCUT2D eigenvalue weighted by Gasteiger charge is -2.10. The van der Waals surface area contributed by atoms with Crippen LogP contribution in [-0.2, 0) is 6.54 Å². The topological polar surface area (TPSA) is 34.9 Å². The van der Waals surface area contributed by atoms with E-state index in [2.05, 4.69) is 34.8 Å². The molecule has 1 heterocycles. The van der Waals surface area contributed by atoms with Gasteiger partial charge in [0.1, 0.15) is 4.47 Å². The van der Waals surface area contributed by atoms with Gasteiger partial charge in [0.05, 0.1) is 12.0 Å². The summed E-state index contributed by atoms with van der Waals surface area (Å²) in [5, 5.41) is 0. The number of hydrogen-bond donors (Lipinski definition) is 0. The first-order chi connectivity index (χ1) is 7.09. The van der Waals surface area contributed by atoms with Crippen LogP contribution in [0.15, 0.2) is 15.6 Å². The summed E-state index contributed by atoms with van der Waals surface area (Å²) in [6, 6.07) is 0. The third kappa shape index (κ3) is 2.30. The molecule has 15 heavy (non-hydrogen) atoms. The summed E-state index contributed by atoms with van der Waals surface area (Å²) in [5.74, 6) is 0.976. The summed E-state index contributed by atoms with van der Waals surface area (Å²) in [5.41, 5.74) is 1.00. The van der Waals surface area contributed by atoms with Gasteiger partial charge in [-0.25, -0.2) is 4.98 Å². The van der Waals surface area contributed by atoms with E-state index in [1.165, 1.54) is 12.8 Å². The highest BCUT2D eigenvalue weighted by molar-refractivity contribution is 9.10. The Balaban J connectivity index is 2.35. The minimum Gasteiger partial charge on any atom is -0.298 e. The van der Waals surface area contributed by atoms with Crippen LogP contribution in [0.4, 0.5) is 0 Å². The molecule has 0 amide bonds. The lowest BCUT2D eigenvalue weighted by Crippen LogP contribution is -2.24. The van der Waals surface area contributed by atoms with Crippen molar-refractivity contribution in [1.29, 1.82) is 0 Å². The van der Waals surface area contributed by atoms with Crippen LogP contribution in [0.5, 0.6) is 0 Å². The van der Waals surface area contributed by atoms with Crippen LogP contribution in [0.2, 0.25) is 0 Å². The predicted molar refractivity (Wildman–Crippen MR) is 63.0 cm³/mol. The molecule has 1 aromatic heterocycles. The van der Waals surface area contributed by atoms with Crippen molar-refractivity contribution >= 4 is 15.9 Å². The van der Waals surface area contributed by atoms with Crippen molar-refractivity contribution in [1.82, 2.24) is 9.55 Å². The standard InChI is InChI=1S/C11H15BrN2O/c1-7(2)5-14-6-13-10(8-3-4-8)9(12)11(14)15/h6-8H,3-5H2,1-2H3. The molecule has 1 aromatic rings. The summed E-state index contributed by atoms with van der Waals surface area (Å²) >= 11 is 3.37. The van der Waals surface area contributed by atoms with Crippen molar-refractivity contribution < 1.29 is 0 Å². The van der Waals surface area contributed by atoms with Gasteiger partial charge in [-0.2, -0.15) is 0 Å². The molecule has 1 fully saturated rings. The normalized spacial score (nSPS) is 16.0. The first-order valence-corrected chi connectivity index (χ1v) is 6.13. The van der Waals surface area contributed by atoms with Crippen molar-refractivity contribution in [2.24, 2.45) is 5.92 Å². The van der Waals surface area contributed by atoms with E-state index in [0.717, 1.165) is 12.2 Å². The first-order valence-electron chi connectivity index (χ1n) is 5.34. The maximum absolute atomic E-state index is 11.9. The maximum atomic E-state index is 11.9. The molecular formula is C11H15BrN2O. The molecule has 0 aliphatic heterocycles. The third-order valence-electron chi connectivity index (χ3n) is 2.54. The van der Waals surface area contributed by atoms with Crippen LogP contribution < -0.4 is 5.56 Å². The Kier molecular flexibility index (Phi) is 2.96. The van der Waals surface area contributed by atoms with Crippen LogP contribution in [0, 0.1) is 5.92 Å². The highest BCUT2D eigenvalue weighted by atomic mass is 79.9. The number of nitrogens with zero attached hydrogens (tertiary/aromatic N) is 2. The van der Waals surface area contributed by atoms with Crippen molar-refractivity contribution in [2.75, 3.05) is 0 Å². The van der Waals surface area contributed by atoms with Crippen molar-refractivity contribution in [3.05, 3.63) is 26.8 Å². The fourth-order valence-corrected chi connectivity index (χ4v) is 2.30. The molecule has 0 saturated heterocycles. The Hall–Kier alpha value is -0.640. The van der Waals surface area contributed by atoms with E-state index in [0.29, 0.717) is 16.3 Å². The second kappa shape index (κ2) is 4.08. The molecule has 0 unspecified atom stereocenters. The van der Waals surface area contributed by atoms with Gasteiger partial charge in [-0.15, -0.1) is 0 Å². The lowest BCUT2D eigenvalue weighted by atomic mass is 10.2. The van der Waals surface area contributed by atoms with E-state index in [1.54, 1.807) is 10.9 Å². The Morgan fingerprint density at radius 2 is 2.27 bits per heavy atom. The fourth-order valence-electron chi connectivity index (χ4n) is 1.64. The summed E-state index contributed by atoms with van der Waals surface area (Å²) in [6.07, 6.45) is 4.01. The van der Waals surface area contributed by atoms with E-state index in [1.807, 2.05) is 0 Å². The first kappa shape index (κ1) is 10.9. The molecule has 4 heteroatoms. The summed E-state index contributed by atoms with van der Waals surface area (Å²) in [7, 11) is 0. The quantitative estimate of drug-likeness (QED) is 0.846. The summed E-state index contributed by atoms with van der Waals surface area (Å²) in [4.78, 5) is 16.3. The van der Waals surface area contributed by atoms with Gasteiger partial charge >= 0.3 is 0 Å². The third-order valence-corrected chi connectivity index (χ3v) is 3.28. The molecule has 1 aliphatic rings. The van der Waals surface area contributed by atoms with Gasteiger partial charge in [-0.1, -0.05) is 13.8 Å². The van der Waals surface area contributed by atoms with Crippen molar-refractivity contribution in [3.63, 3.8) is 0 Å². The smallest absolute Gasteiger partial charge is 0.267 e. The van der Waals surface area contributed by atoms with Gasteiger partial charge in [0.2, 0.25) is 0 Å². The van der Waals surface area contributed by atoms with E-state index in [9.17, 15) is 4.79 Å². The molecule has 82 valence electrons. The zero-order valence-electron chi connectivity index (χ0n) is 9.03. The van der Waals surface area contributed by atoms with Crippen LogP contribution in [0.1, 0.15) is 38.3 Å². The summed E-state index contributed by atoms with van der Waals surface area (Å²) in [6.45, 7) is 4.92. The molecule has 0 N–H and O–H groups in total. The van der Waals surface area contributed by atoms with E-state index in [-0.39, 0.29) is 5.56 Å². The molecule has 2 rings (SSSR count). The molecule has 1 aliphatic carbocycles. The number of aromatic nitrogens is 2. The Labute approximate surface area is 97.7 Å². The minimum absolute atomic E-state index is 0.0561. The number of hydrogen-bond acceptors (Lipinski definition) is 2. The van der Waals surface area contributed by atoms with Crippen molar-refractivity contribution in [3.8, 4) is 0 Å². The van der Waals surface area contributed by atoms with Crippen molar-refractivity contribution in [2.45, 2.75) is 39.2 Å². The van der Waals surface area contributed by atoms with E-state index < -0.39 is 0 Å². The second-order valence-electron chi connectivity index (χ2n) is 4.57. The average Bonchev–Trinajstić information content (AvgIpc) is 2.96. The largest absolute Gasteiger partial charge is 0.298 e. The van der Waals surface area contributed by atoms with Gasteiger partial charge in [0, 0.05) is 12.5 Å². The molecule has 1 saturated carbocycles. The molecule has 3 nitrogen and oxygen atoms in total. The number of halogens is 1. The highest BCUT2D eigenvalue weighted by Gasteiger charge is 2.28. The molecule has 0 radical (unpaired) electrons. The second-order valence-corrected chi connectivity index (χ2v) is 5.36. The zero-order chi connectivity index (χ0) is 11.0. The Morgan fingerprint density at radius 3 is 2.80 bits per heavy atom. The summed E-state index contributed by atoms with van der Waals surface area (Å²) < 4.78 is 2.34. The van der Waals surface area contributed by atoms with Gasteiger partial charge < -0.3 is 0 Å². The molecule has 0 bridgehead atoms. The lowest BCUT2D eigenvalue weighted by molar-refractivity contribution is 0.502. The predicted octanol–water partition coefficient (Wildman–Crippen LogP) is 2.54. The van der Waals surface area contributed by atoms with Gasteiger partial charge in [-0.05, 0) is 34.7 Å². The highest BCUT2D eigenvalue weighted by Crippen LogP contribution is 2.40. The van der Waals surface area contributed by atoms with Crippen LogP contribution in [0.25, 0.3) is 0 Å². The van der Waals surface area contributed by atoms with Crippen LogP contribution in [-0.4, -0.2) is 9.55 Å². The van der Waals surface area contributed by atoms with Gasteiger partial charge in [0.15, 0.2) is 0 Å². The average molecular weight is 271 g/mol. The number of rotatable bonds is 3. The van der Waals surface area contributed by atoms with E-state index >= 15 is 0 Å². The zero-order valence-corrected chi connectivity index (χ0v) is 10.6. The Morgan fingerprint density at radius 1 is 1.60 bits per heavy atom. The molecular weight excluding hydrogens is 256 g/mol. The van der Waals surface area contributed by atoms with E-state index in [4.69, 9.17) is 0 Å². The maximum Gasteiger partial charge on any atom is 0.267 e. The monoisotopic (exact) mass is 270 g/mol. The minimum atomic E-state index is 0.0561.